The number of hydrogen-bond donors (Lipinski definition) is 1. The lowest BCUT2D eigenvalue weighted by molar-refractivity contribution is 0.0526. The highest BCUT2D eigenvalue weighted by molar-refractivity contribution is 9.10. The van der Waals surface area contributed by atoms with Crippen molar-refractivity contribution in [2.24, 2.45) is 0 Å². The van der Waals surface area contributed by atoms with Gasteiger partial charge in [0.05, 0.1) is 17.2 Å². The molecule has 14 heavy (non-hydrogen) atoms. The van der Waals surface area contributed by atoms with Gasteiger partial charge in [0, 0.05) is 10.2 Å². The minimum atomic E-state index is -0.467. The van der Waals surface area contributed by atoms with Gasteiger partial charge in [-0.2, -0.15) is 0 Å². The number of carbonyl (C=O) groups is 1. The van der Waals surface area contributed by atoms with E-state index in [2.05, 4.69) is 15.9 Å². The molecule has 0 unspecified atom stereocenters. The van der Waals surface area contributed by atoms with Crippen LogP contribution in [0.5, 0.6) is 0 Å². The Labute approximate surface area is 95.3 Å². The van der Waals surface area contributed by atoms with Crippen molar-refractivity contribution in [1.82, 2.24) is 0 Å². The van der Waals surface area contributed by atoms with E-state index in [1.165, 1.54) is 6.07 Å². The lowest BCUT2D eigenvalue weighted by Gasteiger charge is -2.06. The lowest BCUT2D eigenvalue weighted by Crippen LogP contribution is -2.06. The zero-order valence-corrected chi connectivity index (χ0v) is 9.85. The highest BCUT2D eigenvalue weighted by atomic mass is 79.9. The van der Waals surface area contributed by atoms with Crippen LogP contribution in [0.4, 0.5) is 5.69 Å². The molecule has 0 atom stereocenters. The predicted molar refractivity (Wildman–Crippen MR) is 59.5 cm³/mol. The summed E-state index contributed by atoms with van der Waals surface area (Å²) in [5, 5.41) is 0.317. The van der Waals surface area contributed by atoms with Gasteiger partial charge in [0.15, 0.2) is 0 Å². The molecule has 76 valence electrons. The van der Waals surface area contributed by atoms with Crippen LogP contribution in [0.1, 0.15) is 17.3 Å². The van der Waals surface area contributed by atoms with Crippen molar-refractivity contribution in [2.45, 2.75) is 6.92 Å². The number of ether oxygens (including phenoxy) is 1. The van der Waals surface area contributed by atoms with Crippen molar-refractivity contribution in [2.75, 3.05) is 12.3 Å². The van der Waals surface area contributed by atoms with E-state index < -0.39 is 5.97 Å². The van der Waals surface area contributed by atoms with Gasteiger partial charge in [0.25, 0.3) is 0 Å². The molecule has 2 N–H and O–H groups in total. The van der Waals surface area contributed by atoms with Crippen LogP contribution in [0, 0.1) is 0 Å². The maximum Gasteiger partial charge on any atom is 0.339 e. The Morgan fingerprint density at radius 3 is 2.86 bits per heavy atom. The second kappa shape index (κ2) is 4.66. The van der Waals surface area contributed by atoms with Crippen LogP contribution in [-0.2, 0) is 4.74 Å². The summed E-state index contributed by atoms with van der Waals surface area (Å²) in [5.74, 6) is -0.467. The minimum absolute atomic E-state index is 0.278. The molecule has 0 aliphatic carbocycles. The zero-order chi connectivity index (χ0) is 10.7. The van der Waals surface area contributed by atoms with Crippen molar-refractivity contribution in [1.29, 1.82) is 0 Å². The van der Waals surface area contributed by atoms with Crippen LogP contribution in [0.3, 0.4) is 0 Å². The van der Waals surface area contributed by atoms with Gasteiger partial charge in [-0.3, -0.25) is 0 Å². The molecule has 0 saturated carbocycles. The first-order chi connectivity index (χ1) is 6.56. The molecule has 1 aromatic rings. The number of carbonyl (C=O) groups excluding carboxylic acids is 1. The van der Waals surface area contributed by atoms with Crippen molar-refractivity contribution in [3.05, 3.63) is 27.2 Å². The van der Waals surface area contributed by atoms with Gasteiger partial charge in [0.2, 0.25) is 0 Å². The zero-order valence-electron chi connectivity index (χ0n) is 7.51. The van der Waals surface area contributed by atoms with Gasteiger partial charge < -0.3 is 10.5 Å². The molecule has 0 heterocycles. The second-order valence-corrected chi connectivity index (χ2v) is 3.82. The Bertz CT molecular complexity index is 368. The topological polar surface area (TPSA) is 52.3 Å². The van der Waals surface area contributed by atoms with Gasteiger partial charge >= 0.3 is 5.97 Å². The highest BCUT2D eigenvalue weighted by Gasteiger charge is 2.14. The summed E-state index contributed by atoms with van der Waals surface area (Å²) in [6, 6.07) is 3.12. The van der Waals surface area contributed by atoms with Crippen LogP contribution >= 0.6 is 27.5 Å². The maximum atomic E-state index is 11.4. The van der Waals surface area contributed by atoms with Gasteiger partial charge in [-0.1, -0.05) is 11.6 Å². The van der Waals surface area contributed by atoms with E-state index in [-0.39, 0.29) is 5.56 Å². The SMILES string of the molecule is CCOC(=O)c1cc(N)cc(Br)c1Cl. The summed E-state index contributed by atoms with van der Waals surface area (Å²) in [4.78, 5) is 11.4. The maximum absolute atomic E-state index is 11.4. The molecule has 3 nitrogen and oxygen atoms in total. The molecular weight excluding hydrogens is 269 g/mol. The van der Waals surface area contributed by atoms with Crippen molar-refractivity contribution in [3.8, 4) is 0 Å². The molecule has 0 aliphatic heterocycles. The molecular formula is C9H9BrClNO2. The van der Waals surface area contributed by atoms with E-state index in [1.54, 1.807) is 13.0 Å². The van der Waals surface area contributed by atoms with Crippen LogP contribution in [0.2, 0.25) is 5.02 Å². The van der Waals surface area contributed by atoms with Crippen molar-refractivity contribution >= 4 is 39.2 Å². The molecule has 0 bridgehead atoms. The summed E-state index contributed by atoms with van der Waals surface area (Å²) in [5.41, 5.74) is 6.31. The predicted octanol–water partition coefficient (Wildman–Crippen LogP) is 2.86. The smallest absolute Gasteiger partial charge is 0.339 e. The fourth-order valence-electron chi connectivity index (χ4n) is 0.967. The normalized spacial score (nSPS) is 9.93. The summed E-state index contributed by atoms with van der Waals surface area (Å²) in [6.45, 7) is 2.04. The van der Waals surface area contributed by atoms with Gasteiger partial charge in [-0.05, 0) is 35.0 Å². The Balaban J connectivity index is 3.13. The average molecular weight is 279 g/mol. The number of esters is 1. The van der Waals surface area contributed by atoms with Crippen LogP contribution in [-0.4, -0.2) is 12.6 Å². The fourth-order valence-corrected chi connectivity index (χ4v) is 1.63. The third-order valence-corrected chi connectivity index (χ3v) is 2.81. The number of rotatable bonds is 2. The Morgan fingerprint density at radius 2 is 2.29 bits per heavy atom. The van der Waals surface area contributed by atoms with Gasteiger partial charge in [-0.15, -0.1) is 0 Å². The first-order valence-electron chi connectivity index (χ1n) is 3.98. The van der Waals surface area contributed by atoms with Gasteiger partial charge in [0.1, 0.15) is 0 Å². The molecule has 5 heteroatoms. The summed E-state index contributed by atoms with van der Waals surface area (Å²) >= 11 is 9.09. The summed E-state index contributed by atoms with van der Waals surface area (Å²) < 4.78 is 5.40. The number of nitrogens with two attached hydrogens (primary N) is 1. The Kier molecular flexibility index (Phi) is 3.77. The van der Waals surface area contributed by atoms with Crippen molar-refractivity contribution in [3.63, 3.8) is 0 Å². The van der Waals surface area contributed by atoms with Crippen LogP contribution in [0.15, 0.2) is 16.6 Å². The van der Waals surface area contributed by atoms with Crippen molar-refractivity contribution < 1.29 is 9.53 Å². The van der Waals surface area contributed by atoms with E-state index in [0.29, 0.717) is 21.8 Å². The molecule has 0 saturated heterocycles. The monoisotopic (exact) mass is 277 g/mol. The fraction of sp³-hybridized carbons (Fsp3) is 0.222. The first kappa shape index (κ1) is 11.3. The van der Waals surface area contributed by atoms with E-state index in [9.17, 15) is 4.79 Å². The molecule has 0 amide bonds. The average Bonchev–Trinajstić information content (AvgIpc) is 2.11. The van der Waals surface area contributed by atoms with E-state index >= 15 is 0 Å². The third kappa shape index (κ3) is 2.39. The van der Waals surface area contributed by atoms with E-state index in [0.717, 1.165) is 0 Å². The standard InChI is InChI=1S/C9H9BrClNO2/c1-2-14-9(13)6-3-5(12)4-7(10)8(6)11/h3-4H,2,12H2,1H3. The lowest BCUT2D eigenvalue weighted by atomic mass is 10.2. The highest BCUT2D eigenvalue weighted by Crippen LogP contribution is 2.29. The Hall–Kier alpha value is -0.740. The molecule has 1 rings (SSSR count). The Morgan fingerprint density at radius 1 is 1.64 bits per heavy atom. The van der Waals surface area contributed by atoms with E-state index in [4.69, 9.17) is 22.1 Å². The number of hydrogen-bond acceptors (Lipinski definition) is 3. The number of halogens is 2. The molecule has 0 spiro atoms. The molecule has 0 aromatic heterocycles. The third-order valence-electron chi connectivity index (χ3n) is 1.55. The minimum Gasteiger partial charge on any atom is -0.462 e. The quantitative estimate of drug-likeness (QED) is 0.668. The number of benzene rings is 1. The van der Waals surface area contributed by atoms with Crippen LogP contribution < -0.4 is 5.73 Å². The van der Waals surface area contributed by atoms with E-state index in [1.807, 2.05) is 0 Å². The number of nitrogen functional groups attached to an aromatic ring is 1. The second-order valence-electron chi connectivity index (χ2n) is 2.58. The molecule has 0 fully saturated rings. The molecule has 1 aromatic carbocycles. The molecule has 0 aliphatic rings. The summed E-state index contributed by atoms with van der Waals surface area (Å²) in [7, 11) is 0. The van der Waals surface area contributed by atoms with Crippen LogP contribution in [0.25, 0.3) is 0 Å². The first-order valence-corrected chi connectivity index (χ1v) is 5.15. The largest absolute Gasteiger partial charge is 0.462 e. The summed E-state index contributed by atoms with van der Waals surface area (Å²) in [6.07, 6.45) is 0. The molecule has 0 radical (unpaired) electrons. The number of anilines is 1. The van der Waals surface area contributed by atoms with Gasteiger partial charge in [-0.25, -0.2) is 4.79 Å².